The van der Waals surface area contributed by atoms with Crippen molar-refractivity contribution in [1.82, 2.24) is 0 Å². The van der Waals surface area contributed by atoms with E-state index in [-0.39, 0.29) is 25.2 Å². The van der Waals surface area contributed by atoms with Gasteiger partial charge in [0.25, 0.3) is 0 Å². The third-order valence-electron chi connectivity index (χ3n) is 10.5. The van der Waals surface area contributed by atoms with Crippen LogP contribution in [0.3, 0.4) is 0 Å². The molecule has 6 fully saturated rings. The maximum Gasteiger partial charge on any atom is 0.312 e. The summed E-state index contributed by atoms with van der Waals surface area (Å²) in [5, 5.41) is 61.9. The van der Waals surface area contributed by atoms with E-state index in [1.54, 1.807) is 6.92 Å². The predicted octanol–water partition coefficient (Wildman–Crippen LogP) is -0.925. The van der Waals surface area contributed by atoms with Crippen molar-refractivity contribution in [3.63, 3.8) is 0 Å². The highest BCUT2D eigenvalue weighted by Crippen LogP contribution is 2.78. The van der Waals surface area contributed by atoms with Crippen LogP contribution in [0.2, 0.25) is 0 Å². The van der Waals surface area contributed by atoms with Gasteiger partial charge >= 0.3 is 11.9 Å². The number of esters is 1. The van der Waals surface area contributed by atoms with Crippen molar-refractivity contribution >= 4 is 11.9 Å². The molecule has 11 heteroatoms. The lowest BCUT2D eigenvalue weighted by Crippen LogP contribution is -2.60. The van der Waals surface area contributed by atoms with E-state index in [0.717, 1.165) is 0 Å². The molecule has 0 aromatic heterocycles. The number of aliphatic hydroxyl groups is 5. The standard InChI is InChI=1S/C25H34O11/c1-10-5-23-9-24(10,33)4-3-13(23)25-7-11(34-20-17(29)16(28)15(27)12(8-26)35-20)6-22(2,21(32)36-25)18(25)14(23)19(30)31/h11-18,20,26-29,33H,1,3-9H2,2H3,(H,30,31)/t11-,12-,13-,14-,15-,16+,17-,18-,20-,22-,23+,24+,25-/m1/s1. The molecule has 0 radical (unpaired) electrons. The second-order valence-electron chi connectivity index (χ2n) is 12.2. The molecule has 200 valence electrons. The molecule has 2 aliphatic heterocycles. The zero-order valence-corrected chi connectivity index (χ0v) is 20.1. The summed E-state index contributed by atoms with van der Waals surface area (Å²) in [4.78, 5) is 26.1. The van der Waals surface area contributed by atoms with Crippen LogP contribution in [0.1, 0.15) is 45.4 Å². The Labute approximate surface area is 207 Å². The van der Waals surface area contributed by atoms with Crippen molar-refractivity contribution in [2.75, 3.05) is 6.61 Å². The van der Waals surface area contributed by atoms with Crippen molar-refractivity contribution in [1.29, 1.82) is 0 Å². The Balaban J connectivity index is 1.37. The number of aliphatic carboxylic acids is 1. The van der Waals surface area contributed by atoms with Crippen molar-refractivity contribution in [3.05, 3.63) is 12.2 Å². The largest absolute Gasteiger partial charge is 0.481 e. The molecule has 11 nitrogen and oxygen atoms in total. The Morgan fingerprint density at radius 1 is 1.19 bits per heavy atom. The fourth-order valence-electron chi connectivity index (χ4n) is 9.21. The minimum absolute atomic E-state index is 0.116. The number of carboxylic acid groups (broad SMARTS) is 1. The van der Waals surface area contributed by atoms with Crippen LogP contribution in [0.15, 0.2) is 12.2 Å². The minimum Gasteiger partial charge on any atom is -0.481 e. The molecule has 0 aromatic rings. The summed E-state index contributed by atoms with van der Waals surface area (Å²) < 4.78 is 17.8. The quantitative estimate of drug-likeness (QED) is 0.203. The van der Waals surface area contributed by atoms with E-state index in [1.807, 2.05) is 0 Å². The monoisotopic (exact) mass is 510 g/mol. The summed E-state index contributed by atoms with van der Waals surface area (Å²) in [6, 6.07) is 0. The molecule has 6 rings (SSSR count). The van der Waals surface area contributed by atoms with Gasteiger partial charge in [-0.2, -0.15) is 0 Å². The molecule has 6 aliphatic rings. The van der Waals surface area contributed by atoms with Gasteiger partial charge in [-0.15, -0.1) is 0 Å². The molecule has 13 atom stereocenters. The highest BCUT2D eigenvalue weighted by atomic mass is 16.7. The van der Waals surface area contributed by atoms with Gasteiger partial charge in [-0.3, -0.25) is 9.59 Å². The van der Waals surface area contributed by atoms with E-state index >= 15 is 0 Å². The molecule has 6 N–H and O–H groups in total. The maximum atomic E-state index is 13.3. The lowest BCUT2D eigenvalue weighted by atomic mass is 9.59. The second-order valence-corrected chi connectivity index (χ2v) is 12.2. The molecule has 1 spiro atoms. The Bertz CT molecular complexity index is 1010. The first-order valence-corrected chi connectivity index (χ1v) is 12.7. The summed E-state index contributed by atoms with van der Waals surface area (Å²) in [6.45, 7) is 5.17. The number of hydrogen-bond acceptors (Lipinski definition) is 10. The zero-order chi connectivity index (χ0) is 26.0. The number of carbonyl (C=O) groups excluding carboxylic acids is 1. The molecule has 4 bridgehead atoms. The summed E-state index contributed by atoms with van der Waals surface area (Å²) in [6.07, 6.45) is -6.12. The van der Waals surface area contributed by atoms with Gasteiger partial charge in [-0.25, -0.2) is 0 Å². The van der Waals surface area contributed by atoms with Crippen LogP contribution in [0, 0.1) is 28.6 Å². The molecule has 4 aliphatic carbocycles. The maximum absolute atomic E-state index is 13.3. The van der Waals surface area contributed by atoms with Crippen molar-refractivity contribution in [2.24, 2.45) is 28.6 Å². The van der Waals surface area contributed by atoms with Crippen LogP contribution in [0.5, 0.6) is 0 Å². The first kappa shape index (κ1) is 24.7. The number of carboxylic acids is 1. The highest BCUT2D eigenvalue weighted by molar-refractivity contribution is 5.85. The molecule has 2 heterocycles. The normalized spacial score (nSPS) is 57.3. The zero-order valence-electron chi connectivity index (χ0n) is 20.1. The number of hydrogen-bond donors (Lipinski definition) is 6. The number of rotatable bonds is 4. The van der Waals surface area contributed by atoms with Crippen molar-refractivity contribution < 1.29 is 54.4 Å². The van der Waals surface area contributed by atoms with Crippen LogP contribution < -0.4 is 0 Å². The van der Waals surface area contributed by atoms with Gasteiger partial charge in [0.2, 0.25) is 0 Å². The van der Waals surface area contributed by atoms with E-state index in [2.05, 4.69) is 6.58 Å². The number of ether oxygens (including phenoxy) is 3. The summed E-state index contributed by atoms with van der Waals surface area (Å²) in [5.41, 5.74) is -3.59. The SMILES string of the molecule is C=C1C[C@]23C[C@@]1(O)CC[C@H]2[C@@]12C[C@H](O[C@@H]4O[C@H](CO)[C@@H](O)[C@H](O)[C@H]4O)C[C@@](C)(C(=O)O1)[C@H]2[C@@H]3C(=O)O. The Kier molecular flexibility index (Phi) is 5.15. The van der Waals surface area contributed by atoms with Gasteiger partial charge in [0, 0.05) is 18.3 Å². The predicted molar refractivity (Wildman–Crippen MR) is 118 cm³/mol. The number of carbonyl (C=O) groups is 2. The molecule has 4 saturated carbocycles. The summed E-state index contributed by atoms with van der Waals surface area (Å²) in [5.74, 6) is -3.33. The molecule has 0 amide bonds. The van der Waals surface area contributed by atoms with Crippen molar-refractivity contribution in [3.8, 4) is 0 Å². The lowest BCUT2D eigenvalue weighted by molar-refractivity contribution is -0.317. The second kappa shape index (κ2) is 7.49. The molecule has 0 aromatic carbocycles. The van der Waals surface area contributed by atoms with Gasteiger partial charge in [-0.05, 0) is 50.0 Å². The van der Waals surface area contributed by atoms with Gasteiger partial charge in [0.1, 0.15) is 30.0 Å². The number of aliphatic hydroxyl groups excluding tert-OH is 4. The van der Waals surface area contributed by atoms with Crippen LogP contribution in [-0.4, -0.2) is 97.2 Å². The molecule has 0 unspecified atom stereocenters. The fourth-order valence-corrected chi connectivity index (χ4v) is 9.21. The average Bonchev–Trinajstić information content (AvgIpc) is 3.21. The highest BCUT2D eigenvalue weighted by Gasteiger charge is 2.84. The minimum atomic E-state index is -1.60. The fraction of sp³-hybridized carbons (Fsp3) is 0.840. The molecule has 36 heavy (non-hydrogen) atoms. The number of fused-ring (bicyclic) bond motifs is 1. The first-order valence-electron chi connectivity index (χ1n) is 12.7. The van der Waals surface area contributed by atoms with E-state index in [4.69, 9.17) is 14.2 Å². The van der Waals surface area contributed by atoms with Gasteiger partial charge in [0.05, 0.1) is 29.6 Å². The van der Waals surface area contributed by atoms with Crippen LogP contribution in [0.25, 0.3) is 0 Å². The van der Waals surface area contributed by atoms with Gasteiger partial charge in [0.15, 0.2) is 6.29 Å². The van der Waals surface area contributed by atoms with Gasteiger partial charge in [-0.1, -0.05) is 6.58 Å². The topological polar surface area (TPSA) is 183 Å². The third kappa shape index (κ3) is 2.82. The first-order chi connectivity index (χ1) is 16.8. The lowest BCUT2D eigenvalue weighted by Gasteiger charge is -2.48. The van der Waals surface area contributed by atoms with Crippen LogP contribution in [0.4, 0.5) is 0 Å². The van der Waals surface area contributed by atoms with Crippen molar-refractivity contribution in [2.45, 2.75) is 93.5 Å². The molecular weight excluding hydrogens is 476 g/mol. The Morgan fingerprint density at radius 3 is 2.58 bits per heavy atom. The summed E-state index contributed by atoms with van der Waals surface area (Å²) in [7, 11) is 0. The van der Waals surface area contributed by atoms with Crippen LogP contribution >= 0.6 is 0 Å². The van der Waals surface area contributed by atoms with Crippen LogP contribution in [-0.2, 0) is 23.8 Å². The molecular formula is C25H34O11. The Morgan fingerprint density at radius 2 is 1.92 bits per heavy atom. The van der Waals surface area contributed by atoms with E-state index < -0.39 is 89.2 Å². The third-order valence-corrected chi connectivity index (χ3v) is 10.5. The molecule has 2 saturated heterocycles. The van der Waals surface area contributed by atoms with E-state index in [1.165, 1.54) is 0 Å². The smallest absolute Gasteiger partial charge is 0.312 e. The summed E-state index contributed by atoms with van der Waals surface area (Å²) >= 11 is 0. The Hall–Kier alpha value is -1.60. The average molecular weight is 511 g/mol. The van der Waals surface area contributed by atoms with E-state index in [9.17, 15) is 40.2 Å². The van der Waals surface area contributed by atoms with E-state index in [0.29, 0.717) is 24.8 Å². The van der Waals surface area contributed by atoms with Gasteiger partial charge < -0.3 is 44.8 Å².